The third-order valence-corrected chi connectivity index (χ3v) is 3.41. The summed E-state index contributed by atoms with van der Waals surface area (Å²) in [6.07, 6.45) is 5.28. The summed E-state index contributed by atoms with van der Waals surface area (Å²) in [4.78, 5) is 0. The van der Waals surface area contributed by atoms with Gasteiger partial charge in [-0.2, -0.15) is 0 Å². The molecule has 1 aliphatic rings. The predicted octanol–water partition coefficient (Wildman–Crippen LogP) is 3.28. The Morgan fingerprint density at radius 3 is 2.47 bits per heavy atom. The minimum atomic E-state index is -0.155. The highest BCUT2D eigenvalue weighted by Crippen LogP contribution is 2.34. The van der Waals surface area contributed by atoms with Crippen LogP contribution >= 0.6 is 0 Å². The first-order chi connectivity index (χ1) is 7.29. The summed E-state index contributed by atoms with van der Waals surface area (Å²) in [5.41, 5.74) is 1.20. The normalized spacial score (nSPS) is 18.5. The topological polar surface area (TPSA) is 12.0 Å². The second kappa shape index (κ2) is 4.75. The SMILES string of the molecule is CNC(CC1CCC1)c1ccc(F)cc1. The first-order valence-corrected chi connectivity index (χ1v) is 5.72. The van der Waals surface area contributed by atoms with Crippen molar-refractivity contribution < 1.29 is 4.39 Å². The number of benzene rings is 1. The molecule has 1 aliphatic carbocycles. The summed E-state index contributed by atoms with van der Waals surface area (Å²) in [6, 6.07) is 7.24. The first kappa shape index (κ1) is 10.6. The van der Waals surface area contributed by atoms with Gasteiger partial charge in [0.2, 0.25) is 0 Å². The monoisotopic (exact) mass is 207 g/mol. The quantitative estimate of drug-likeness (QED) is 0.799. The van der Waals surface area contributed by atoms with Gasteiger partial charge in [-0.25, -0.2) is 4.39 Å². The second-order valence-electron chi connectivity index (χ2n) is 4.43. The molecule has 0 spiro atoms. The maximum absolute atomic E-state index is 12.8. The number of rotatable bonds is 4. The van der Waals surface area contributed by atoms with Crippen LogP contribution in [0.15, 0.2) is 24.3 Å². The summed E-state index contributed by atoms with van der Waals surface area (Å²) >= 11 is 0. The fourth-order valence-electron chi connectivity index (χ4n) is 2.18. The van der Waals surface area contributed by atoms with Crippen molar-refractivity contribution >= 4 is 0 Å². The van der Waals surface area contributed by atoms with E-state index in [0.29, 0.717) is 6.04 Å². The molecule has 0 aromatic heterocycles. The van der Waals surface area contributed by atoms with Gasteiger partial charge in [0.15, 0.2) is 0 Å². The molecule has 2 heteroatoms. The van der Waals surface area contributed by atoms with Gasteiger partial charge in [-0.1, -0.05) is 31.4 Å². The molecule has 0 heterocycles. The Hall–Kier alpha value is -0.890. The fourth-order valence-corrected chi connectivity index (χ4v) is 2.18. The van der Waals surface area contributed by atoms with Crippen LogP contribution in [0, 0.1) is 11.7 Å². The maximum Gasteiger partial charge on any atom is 0.123 e. The maximum atomic E-state index is 12.8. The molecule has 1 atom stereocenters. The van der Waals surface area contributed by atoms with Gasteiger partial charge in [0.05, 0.1) is 0 Å². The van der Waals surface area contributed by atoms with E-state index in [4.69, 9.17) is 0 Å². The molecule has 82 valence electrons. The van der Waals surface area contributed by atoms with Gasteiger partial charge in [0.1, 0.15) is 5.82 Å². The highest BCUT2D eigenvalue weighted by molar-refractivity contribution is 5.20. The summed E-state index contributed by atoms with van der Waals surface area (Å²) in [5.74, 6) is 0.713. The Morgan fingerprint density at radius 2 is 2.00 bits per heavy atom. The molecule has 0 radical (unpaired) electrons. The van der Waals surface area contributed by atoms with Crippen LogP contribution in [-0.2, 0) is 0 Å². The van der Waals surface area contributed by atoms with E-state index in [1.165, 1.54) is 31.2 Å². The molecule has 1 fully saturated rings. The lowest BCUT2D eigenvalue weighted by atomic mass is 9.79. The second-order valence-corrected chi connectivity index (χ2v) is 4.43. The summed E-state index contributed by atoms with van der Waals surface area (Å²) in [7, 11) is 1.98. The van der Waals surface area contributed by atoms with Crippen molar-refractivity contribution in [1.29, 1.82) is 0 Å². The summed E-state index contributed by atoms with van der Waals surface area (Å²) < 4.78 is 12.8. The zero-order chi connectivity index (χ0) is 10.7. The Bertz CT molecular complexity index is 303. The average molecular weight is 207 g/mol. The molecule has 1 N–H and O–H groups in total. The smallest absolute Gasteiger partial charge is 0.123 e. The van der Waals surface area contributed by atoms with Crippen LogP contribution in [0.4, 0.5) is 4.39 Å². The lowest BCUT2D eigenvalue weighted by Gasteiger charge is -2.29. The summed E-state index contributed by atoms with van der Waals surface area (Å²) in [6.45, 7) is 0. The highest BCUT2D eigenvalue weighted by atomic mass is 19.1. The molecule has 1 saturated carbocycles. The van der Waals surface area contributed by atoms with Gasteiger partial charge in [0.25, 0.3) is 0 Å². The molecule has 0 aliphatic heterocycles. The third kappa shape index (κ3) is 2.57. The number of hydrogen-bond donors (Lipinski definition) is 1. The zero-order valence-corrected chi connectivity index (χ0v) is 9.17. The third-order valence-electron chi connectivity index (χ3n) is 3.41. The van der Waals surface area contributed by atoms with Crippen LogP contribution in [0.1, 0.15) is 37.3 Å². The van der Waals surface area contributed by atoms with E-state index in [0.717, 1.165) is 5.92 Å². The Kier molecular flexibility index (Phi) is 3.37. The lowest BCUT2D eigenvalue weighted by molar-refractivity contribution is 0.265. The number of hydrogen-bond acceptors (Lipinski definition) is 1. The molecular weight excluding hydrogens is 189 g/mol. The predicted molar refractivity (Wildman–Crippen MR) is 60.2 cm³/mol. The summed E-state index contributed by atoms with van der Waals surface area (Å²) in [5, 5.41) is 3.31. The van der Waals surface area contributed by atoms with E-state index in [-0.39, 0.29) is 5.82 Å². The van der Waals surface area contributed by atoms with Gasteiger partial charge in [0, 0.05) is 6.04 Å². The van der Waals surface area contributed by atoms with Crippen LogP contribution in [0.2, 0.25) is 0 Å². The fraction of sp³-hybridized carbons (Fsp3) is 0.538. The van der Waals surface area contributed by atoms with Crippen molar-refractivity contribution in [2.24, 2.45) is 5.92 Å². The van der Waals surface area contributed by atoms with Crippen LogP contribution in [0.5, 0.6) is 0 Å². The van der Waals surface area contributed by atoms with Crippen LogP contribution in [-0.4, -0.2) is 7.05 Å². The Morgan fingerprint density at radius 1 is 1.33 bits per heavy atom. The van der Waals surface area contributed by atoms with Crippen molar-refractivity contribution in [3.05, 3.63) is 35.6 Å². The molecular formula is C13H18FN. The van der Waals surface area contributed by atoms with Gasteiger partial charge in [-0.15, -0.1) is 0 Å². The van der Waals surface area contributed by atoms with E-state index in [1.54, 1.807) is 12.1 Å². The average Bonchev–Trinajstić information content (AvgIpc) is 2.19. The first-order valence-electron chi connectivity index (χ1n) is 5.72. The number of nitrogens with one attached hydrogen (secondary N) is 1. The van der Waals surface area contributed by atoms with Crippen molar-refractivity contribution in [3.8, 4) is 0 Å². The van der Waals surface area contributed by atoms with Crippen molar-refractivity contribution in [1.82, 2.24) is 5.32 Å². The molecule has 0 bridgehead atoms. The molecule has 1 aromatic rings. The van der Waals surface area contributed by atoms with Gasteiger partial charge in [-0.3, -0.25) is 0 Å². The van der Waals surface area contributed by atoms with E-state index < -0.39 is 0 Å². The Labute approximate surface area is 90.7 Å². The molecule has 15 heavy (non-hydrogen) atoms. The van der Waals surface area contributed by atoms with E-state index in [2.05, 4.69) is 5.32 Å². The van der Waals surface area contributed by atoms with E-state index in [9.17, 15) is 4.39 Å². The largest absolute Gasteiger partial charge is 0.313 e. The van der Waals surface area contributed by atoms with E-state index >= 15 is 0 Å². The van der Waals surface area contributed by atoms with Gasteiger partial charge >= 0.3 is 0 Å². The minimum Gasteiger partial charge on any atom is -0.313 e. The van der Waals surface area contributed by atoms with Crippen molar-refractivity contribution in [2.45, 2.75) is 31.7 Å². The van der Waals surface area contributed by atoms with E-state index in [1.807, 2.05) is 19.2 Å². The molecule has 0 saturated heterocycles. The van der Waals surface area contributed by atoms with Crippen LogP contribution in [0.3, 0.4) is 0 Å². The van der Waals surface area contributed by atoms with Crippen molar-refractivity contribution in [3.63, 3.8) is 0 Å². The number of halogens is 1. The minimum absolute atomic E-state index is 0.155. The standard InChI is InChI=1S/C13H18FN/c1-15-13(9-10-3-2-4-10)11-5-7-12(14)8-6-11/h5-8,10,13,15H,2-4,9H2,1H3. The van der Waals surface area contributed by atoms with Crippen molar-refractivity contribution in [2.75, 3.05) is 7.05 Å². The molecule has 2 rings (SSSR count). The molecule has 1 nitrogen and oxygen atoms in total. The molecule has 1 aromatic carbocycles. The lowest BCUT2D eigenvalue weighted by Crippen LogP contribution is -2.23. The Balaban J connectivity index is 2.01. The van der Waals surface area contributed by atoms with Gasteiger partial charge < -0.3 is 5.32 Å². The molecule has 0 amide bonds. The van der Waals surface area contributed by atoms with Crippen LogP contribution < -0.4 is 5.32 Å². The highest BCUT2D eigenvalue weighted by Gasteiger charge is 2.22. The van der Waals surface area contributed by atoms with Crippen LogP contribution in [0.25, 0.3) is 0 Å². The molecule has 1 unspecified atom stereocenters. The zero-order valence-electron chi connectivity index (χ0n) is 9.17. The van der Waals surface area contributed by atoms with Gasteiger partial charge in [-0.05, 0) is 37.1 Å².